The van der Waals surface area contributed by atoms with Crippen molar-refractivity contribution in [2.24, 2.45) is 5.92 Å². The van der Waals surface area contributed by atoms with Gasteiger partial charge in [-0.2, -0.15) is 8.78 Å². The van der Waals surface area contributed by atoms with Gasteiger partial charge in [-0.3, -0.25) is 0 Å². The highest BCUT2D eigenvalue weighted by atomic mass is 19.5. The summed E-state index contributed by atoms with van der Waals surface area (Å²) < 4.78 is 122. The number of benzene rings is 1. The molecule has 156 valence electrons. The first-order valence-corrected chi connectivity index (χ1v) is 7.77. The summed E-state index contributed by atoms with van der Waals surface area (Å²) in [5.74, 6) is -10.5. The standard InChI is InChI=1S/C14H12F6N3.BF4/c1-5(2)7-3-6(15)14-21-23(4-22(7)14)13-11(19)9(17)8(16)10(18)12(13)20;2-1(3,4)5/h4-7H,3H2,1-2H3;/q+1;-1/t6-,7-;/m1./s1. The molecule has 0 spiro atoms. The molecule has 1 aliphatic heterocycles. The van der Waals surface area contributed by atoms with E-state index in [1.54, 1.807) is 0 Å². The molecule has 0 fully saturated rings. The average Bonchev–Trinajstić information content (AvgIpc) is 3.10. The molecular weight excluding hydrogens is 411 g/mol. The quantitative estimate of drug-likeness (QED) is 0.224. The van der Waals surface area contributed by atoms with E-state index in [1.165, 1.54) is 4.57 Å². The van der Waals surface area contributed by atoms with Gasteiger partial charge in [0.2, 0.25) is 41.1 Å². The van der Waals surface area contributed by atoms with Gasteiger partial charge in [-0.05, 0) is 5.92 Å². The zero-order valence-electron chi connectivity index (χ0n) is 14.2. The van der Waals surface area contributed by atoms with E-state index in [0.29, 0.717) is 4.68 Å². The lowest BCUT2D eigenvalue weighted by Gasteiger charge is -2.12. The van der Waals surface area contributed by atoms with Crippen LogP contribution in [-0.2, 0) is 0 Å². The molecule has 28 heavy (non-hydrogen) atoms. The fourth-order valence-corrected chi connectivity index (χ4v) is 2.77. The van der Waals surface area contributed by atoms with Crippen LogP contribution in [0, 0.1) is 35.0 Å². The third kappa shape index (κ3) is 4.24. The lowest BCUT2D eigenvalue weighted by molar-refractivity contribution is -0.723. The molecule has 1 aliphatic rings. The summed E-state index contributed by atoms with van der Waals surface area (Å²) in [4.78, 5) is 0. The minimum atomic E-state index is -6.00. The molecule has 3 rings (SSSR count). The maximum atomic E-state index is 14.0. The van der Waals surface area contributed by atoms with Crippen LogP contribution in [0.5, 0.6) is 0 Å². The number of alkyl halides is 1. The van der Waals surface area contributed by atoms with Crippen LogP contribution >= 0.6 is 0 Å². The van der Waals surface area contributed by atoms with Crippen molar-refractivity contribution < 1.29 is 48.2 Å². The van der Waals surface area contributed by atoms with Crippen LogP contribution in [0.15, 0.2) is 6.33 Å². The van der Waals surface area contributed by atoms with Crippen LogP contribution in [0.4, 0.5) is 43.6 Å². The Balaban J connectivity index is 0.000000500. The molecule has 2 atom stereocenters. The van der Waals surface area contributed by atoms with Crippen molar-refractivity contribution >= 4 is 7.25 Å². The van der Waals surface area contributed by atoms with Crippen LogP contribution in [0.3, 0.4) is 0 Å². The Morgan fingerprint density at radius 1 is 0.964 bits per heavy atom. The summed E-state index contributed by atoms with van der Waals surface area (Å²) in [7, 11) is -6.00. The van der Waals surface area contributed by atoms with Crippen LogP contribution in [0.25, 0.3) is 5.69 Å². The second-order valence-corrected chi connectivity index (χ2v) is 6.25. The minimum Gasteiger partial charge on any atom is -0.418 e. The maximum Gasteiger partial charge on any atom is 0.673 e. The number of hydrogen-bond donors (Lipinski definition) is 0. The highest BCUT2D eigenvalue weighted by molar-refractivity contribution is 6.50. The topological polar surface area (TPSA) is 21.7 Å². The van der Waals surface area contributed by atoms with E-state index < -0.39 is 48.2 Å². The summed E-state index contributed by atoms with van der Waals surface area (Å²) in [5, 5.41) is 3.68. The maximum absolute atomic E-state index is 14.0. The Labute approximate surface area is 151 Å². The van der Waals surface area contributed by atoms with Gasteiger partial charge < -0.3 is 17.3 Å². The monoisotopic (exact) mass is 423 g/mol. The number of aromatic nitrogens is 3. The summed E-state index contributed by atoms with van der Waals surface area (Å²) in [6.07, 6.45) is -0.264. The van der Waals surface area contributed by atoms with Crippen molar-refractivity contribution in [1.82, 2.24) is 9.78 Å². The van der Waals surface area contributed by atoms with Crippen LogP contribution < -0.4 is 4.57 Å². The van der Waals surface area contributed by atoms with Gasteiger partial charge in [0.25, 0.3) is 0 Å². The summed E-state index contributed by atoms with van der Waals surface area (Å²) in [6.45, 7) is 3.66. The molecule has 2 heterocycles. The summed E-state index contributed by atoms with van der Waals surface area (Å²) >= 11 is 0. The fraction of sp³-hybridized carbons (Fsp3) is 0.429. The van der Waals surface area contributed by atoms with Crippen molar-refractivity contribution in [3.05, 3.63) is 41.2 Å². The van der Waals surface area contributed by atoms with Gasteiger partial charge in [0, 0.05) is 11.5 Å². The summed E-state index contributed by atoms with van der Waals surface area (Å²) in [6, 6.07) is -0.310. The minimum absolute atomic E-state index is 0.00790. The first-order valence-electron chi connectivity index (χ1n) is 7.77. The zero-order valence-corrected chi connectivity index (χ0v) is 14.2. The van der Waals surface area contributed by atoms with Crippen molar-refractivity contribution in [3.8, 4) is 5.69 Å². The van der Waals surface area contributed by atoms with Gasteiger partial charge in [-0.25, -0.2) is 22.1 Å². The Morgan fingerprint density at radius 2 is 1.39 bits per heavy atom. The van der Waals surface area contributed by atoms with Gasteiger partial charge in [0.15, 0.2) is 6.17 Å². The molecule has 0 saturated carbocycles. The van der Waals surface area contributed by atoms with Gasteiger partial charge in [-0.15, -0.1) is 0 Å². The highest BCUT2D eigenvalue weighted by Crippen LogP contribution is 2.34. The SMILES string of the molecule is CC(C)[C@H]1C[C@@H](F)c2nn(-c3c(F)c(F)c(F)c(F)c3F)c[n+]21.F[B-](F)(F)F. The number of halogens is 10. The lowest BCUT2D eigenvalue weighted by atomic mass is 10.0. The predicted molar refractivity (Wildman–Crippen MR) is 76.1 cm³/mol. The first kappa shape index (κ1) is 22.0. The number of hydrogen-bond acceptors (Lipinski definition) is 1. The van der Waals surface area contributed by atoms with Crippen molar-refractivity contribution in [2.75, 3.05) is 0 Å². The Bertz CT molecular complexity index is 844. The fourth-order valence-electron chi connectivity index (χ4n) is 2.77. The predicted octanol–water partition coefficient (Wildman–Crippen LogP) is 4.77. The van der Waals surface area contributed by atoms with E-state index in [4.69, 9.17) is 0 Å². The molecule has 1 aromatic heterocycles. The second kappa shape index (κ2) is 7.62. The van der Waals surface area contributed by atoms with E-state index >= 15 is 0 Å². The van der Waals surface area contributed by atoms with E-state index in [2.05, 4.69) is 5.10 Å². The van der Waals surface area contributed by atoms with Crippen molar-refractivity contribution in [3.63, 3.8) is 0 Å². The van der Waals surface area contributed by atoms with E-state index in [9.17, 15) is 43.6 Å². The smallest absolute Gasteiger partial charge is 0.418 e. The number of rotatable bonds is 2. The lowest BCUT2D eigenvalue weighted by Crippen LogP contribution is -2.39. The molecule has 0 saturated heterocycles. The molecule has 0 radical (unpaired) electrons. The van der Waals surface area contributed by atoms with Gasteiger partial charge in [-0.1, -0.05) is 18.5 Å². The average molecular weight is 423 g/mol. The third-order valence-corrected chi connectivity index (χ3v) is 3.98. The molecule has 0 unspecified atom stereocenters. The van der Waals surface area contributed by atoms with Gasteiger partial charge >= 0.3 is 13.1 Å². The van der Waals surface area contributed by atoms with Crippen molar-refractivity contribution in [2.45, 2.75) is 32.5 Å². The molecule has 3 nitrogen and oxygen atoms in total. The van der Waals surface area contributed by atoms with Crippen LogP contribution in [0.2, 0.25) is 0 Å². The molecule has 0 aliphatic carbocycles. The van der Waals surface area contributed by atoms with Gasteiger partial charge in [0.05, 0.1) is 6.04 Å². The van der Waals surface area contributed by atoms with Crippen LogP contribution in [-0.4, -0.2) is 17.0 Å². The Hall–Kier alpha value is -2.28. The molecular formula is C14H12BF10N3. The molecule has 0 amide bonds. The molecule has 0 N–H and O–H groups in total. The largest absolute Gasteiger partial charge is 0.673 e. The Kier molecular flexibility index (Phi) is 6.00. The normalized spacial score (nSPS) is 18.9. The summed E-state index contributed by atoms with van der Waals surface area (Å²) in [5.41, 5.74) is -1.22. The van der Waals surface area contributed by atoms with Crippen LogP contribution in [0.1, 0.15) is 38.3 Å². The first-order chi connectivity index (χ1) is 12.7. The molecule has 2 aromatic rings. The number of nitrogens with zero attached hydrogens (tertiary/aromatic N) is 3. The number of fused-ring (bicyclic) bond motifs is 1. The second-order valence-electron chi connectivity index (χ2n) is 6.25. The molecule has 1 aromatic carbocycles. The van der Waals surface area contributed by atoms with Gasteiger partial charge in [0.1, 0.15) is 0 Å². The van der Waals surface area contributed by atoms with E-state index in [0.717, 1.165) is 6.33 Å². The molecule has 14 heteroatoms. The van der Waals surface area contributed by atoms with E-state index in [-0.39, 0.29) is 24.2 Å². The highest BCUT2D eigenvalue weighted by Gasteiger charge is 2.43. The van der Waals surface area contributed by atoms with Crippen molar-refractivity contribution in [1.29, 1.82) is 0 Å². The molecule has 0 bridgehead atoms. The Morgan fingerprint density at radius 3 is 1.82 bits per heavy atom. The van der Waals surface area contributed by atoms with E-state index in [1.807, 2.05) is 13.8 Å². The zero-order chi connectivity index (χ0) is 21.5. The third-order valence-electron chi connectivity index (χ3n) is 3.98.